The number of hydrogen-bond donors (Lipinski definition) is 3. The van der Waals surface area contributed by atoms with E-state index in [1.165, 1.54) is 20.8 Å². The molecule has 0 spiro atoms. The summed E-state index contributed by atoms with van der Waals surface area (Å²) in [6.07, 6.45) is 0.258. The first kappa shape index (κ1) is 29.3. The number of carbonyl (C=O) groups excluding carboxylic acids is 3. The van der Waals surface area contributed by atoms with Crippen LogP contribution in [-0.4, -0.2) is 50.6 Å². The molecule has 0 aromatic rings. The van der Waals surface area contributed by atoms with Crippen LogP contribution in [0, 0.1) is 17.8 Å². The summed E-state index contributed by atoms with van der Waals surface area (Å²) in [4.78, 5) is 74.1. The van der Waals surface area contributed by atoms with Crippen molar-refractivity contribution in [2.24, 2.45) is 17.8 Å². The number of hydrogen-bond acceptors (Lipinski definition) is 6. The van der Waals surface area contributed by atoms with E-state index in [0.717, 1.165) is 0 Å². The molecule has 10 heteroatoms. The van der Waals surface area contributed by atoms with Gasteiger partial charge in [-0.3, -0.25) is 0 Å². The van der Waals surface area contributed by atoms with Crippen LogP contribution in [0.3, 0.4) is 0 Å². The van der Waals surface area contributed by atoms with Crippen LogP contribution in [0.25, 0.3) is 0 Å². The van der Waals surface area contributed by atoms with E-state index in [9.17, 15) is 44.1 Å². The summed E-state index contributed by atoms with van der Waals surface area (Å²) in [6.45, 7) is 8.33. The molecule has 0 bridgehead atoms. The number of carboxylic acids is 3. The van der Waals surface area contributed by atoms with Crippen molar-refractivity contribution in [3.05, 3.63) is 0 Å². The van der Waals surface area contributed by atoms with Gasteiger partial charge in [-0.2, -0.15) is 0 Å². The zero-order chi connectivity index (χ0) is 24.6. The number of carbonyl (C=O) groups is 6. The normalized spacial score (nSPS) is 16.8. The third-order valence-electron chi connectivity index (χ3n) is 5.97. The predicted octanol–water partition coefficient (Wildman–Crippen LogP) is 3.07. The van der Waals surface area contributed by atoms with Crippen LogP contribution < -0.4 is 0 Å². The van der Waals surface area contributed by atoms with Gasteiger partial charge in [-0.05, 0) is 0 Å². The Balaban J connectivity index is 7.31. The van der Waals surface area contributed by atoms with Gasteiger partial charge >= 0.3 is 191 Å². The standard InChI is InChI=1S/3C7H11O3.Zr/c3*1-3-6(5(2)8)4-7(9)10;/h3*4,6H,3H2,1-2H3,(H,9,10);. The Hall–Kier alpha value is -1.70. The molecule has 0 saturated heterocycles. The van der Waals surface area contributed by atoms with E-state index in [0.29, 0.717) is 0 Å². The van der Waals surface area contributed by atoms with Crippen LogP contribution in [0.5, 0.6) is 0 Å². The first-order chi connectivity index (χ1) is 14.3. The van der Waals surface area contributed by atoms with E-state index in [4.69, 9.17) is 0 Å². The Labute approximate surface area is 190 Å². The number of ketones is 3. The number of aliphatic carboxylic acids is 3. The second-order valence-corrected chi connectivity index (χ2v) is 14.9. The molecule has 0 heterocycles. The molecule has 175 valence electrons. The van der Waals surface area contributed by atoms with Gasteiger partial charge in [-0.1, -0.05) is 0 Å². The molecule has 0 radical (unpaired) electrons. The summed E-state index contributed by atoms with van der Waals surface area (Å²) in [7, 11) is 0. The predicted molar refractivity (Wildman–Crippen MR) is 108 cm³/mol. The molecule has 6 unspecified atom stereocenters. The third-order valence-corrected chi connectivity index (χ3v) is 16.1. The summed E-state index contributed by atoms with van der Waals surface area (Å²) in [6, 6.07) is 0. The van der Waals surface area contributed by atoms with Crippen molar-refractivity contribution < 1.29 is 65.8 Å². The van der Waals surface area contributed by atoms with Crippen LogP contribution >= 0.6 is 0 Å². The van der Waals surface area contributed by atoms with Crippen molar-refractivity contribution >= 4 is 35.3 Å². The van der Waals surface area contributed by atoms with Crippen LogP contribution in [0.2, 0.25) is 10.9 Å². The molecule has 0 aliphatic rings. The zero-order valence-electron chi connectivity index (χ0n) is 18.9. The van der Waals surface area contributed by atoms with Crippen molar-refractivity contribution in [3.63, 3.8) is 0 Å². The van der Waals surface area contributed by atoms with Crippen LogP contribution in [0.15, 0.2) is 0 Å². The molecule has 9 nitrogen and oxygen atoms in total. The molecule has 0 rings (SSSR count). The second-order valence-electron chi connectivity index (χ2n) is 7.82. The minimum absolute atomic E-state index is 0.0861. The molecule has 3 N–H and O–H groups in total. The van der Waals surface area contributed by atoms with Gasteiger partial charge in [-0.15, -0.1) is 0 Å². The Morgan fingerprint density at radius 1 is 0.548 bits per heavy atom. The molecule has 31 heavy (non-hydrogen) atoms. The number of Topliss-reactive ketones (excluding diaryl/α,β-unsaturated/α-hetero) is 3. The fourth-order valence-electron chi connectivity index (χ4n) is 4.49. The fourth-order valence-corrected chi connectivity index (χ4v) is 16.3. The maximum absolute atomic E-state index is 12.4. The Morgan fingerprint density at radius 2 is 0.742 bits per heavy atom. The zero-order valence-corrected chi connectivity index (χ0v) is 21.3. The molecule has 6 atom stereocenters. The molecule has 0 aromatic carbocycles. The fraction of sp³-hybridized carbons (Fsp3) is 0.714. The summed E-state index contributed by atoms with van der Waals surface area (Å²) in [5.41, 5.74) is 0. The van der Waals surface area contributed by atoms with Crippen LogP contribution in [0.4, 0.5) is 0 Å². The first-order valence-corrected chi connectivity index (χ1v) is 14.6. The van der Waals surface area contributed by atoms with E-state index in [1.54, 1.807) is 20.8 Å². The monoisotopic (exact) mass is 519 g/mol. The second kappa shape index (κ2) is 13.0. The van der Waals surface area contributed by atoms with Gasteiger partial charge < -0.3 is 0 Å². The SMILES string of the molecule is CCC(C(C)=O)[CH](C(=O)O)[Zr]([CH](C(=O)O)C(CC)C(C)=O)[CH](C(=O)O)C(CC)C(C)=O. The van der Waals surface area contributed by atoms with Crippen molar-refractivity contribution in [1.29, 1.82) is 0 Å². The minimum atomic E-state index is -4.42. The third kappa shape index (κ3) is 7.16. The van der Waals surface area contributed by atoms with Gasteiger partial charge in [0.1, 0.15) is 0 Å². The number of carboxylic acid groups (broad SMARTS) is 3. The molecular weight excluding hydrogens is 487 g/mol. The summed E-state index contributed by atoms with van der Waals surface area (Å²) in [5.74, 6) is -8.99. The Bertz CT molecular complexity index is 623. The van der Waals surface area contributed by atoms with Crippen LogP contribution in [0.1, 0.15) is 60.8 Å². The molecule has 0 fully saturated rings. The molecule has 0 saturated carbocycles. The van der Waals surface area contributed by atoms with E-state index < -0.39 is 85.6 Å². The van der Waals surface area contributed by atoms with Gasteiger partial charge in [-0.25, -0.2) is 0 Å². The van der Waals surface area contributed by atoms with Crippen LogP contribution in [-0.2, 0) is 50.5 Å². The van der Waals surface area contributed by atoms with Crippen molar-refractivity contribution in [2.45, 2.75) is 71.7 Å². The van der Waals surface area contributed by atoms with Gasteiger partial charge in [0.25, 0.3) is 0 Å². The van der Waals surface area contributed by atoms with E-state index >= 15 is 0 Å². The summed E-state index contributed by atoms with van der Waals surface area (Å²) in [5, 5.41) is 30.2. The Morgan fingerprint density at radius 3 is 0.839 bits per heavy atom. The number of rotatable bonds is 15. The molecule has 0 aromatic heterocycles. The first-order valence-electron chi connectivity index (χ1n) is 10.3. The van der Waals surface area contributed by atoms with Gasteiger partial charge in [0.05, 0.1) is 0 Å². The summed E-state index contributed by atoms with van der Waals surface area (Å²) < 4.78 is -4.48. The Kier molecular flexibility index (Phi) is 12.3. The van der Waals surface area contributed by atoms with E-state index in [1.807, 2.05) is 0 Å². The van der Waals surface area contributed by atoms with E-state index in [-0.39, 0.29) is 19.3 Å². The molecule has 0 aliphatic carbocycles. The molecule has 0 aliphatic heterocycles. The topological polar surface area (TPSA) is 163 Å². The molecular formula is C21H33O9Zr. The van der Waals surface area contributed by atoms with Gasteiger partial charge in [0, 0.05) is 0 Å². The average molecular weight is 521 g/mol. The van der Waals surface area contributed by atoms with Crippen molar-refractivity contribution in [1.82, 2.24) is 0 Å². The molecule has 0 amide bonds. The summed E-state index contributed by atoms with van der Waals surface area (Å²) >= 11 is -4.42. The van der Waals surface area contributed by atoms with E-state index in [2.05, 4.69) is 0 Å². The van der Waals surface area contributed by atoms with Crippen molar-refractivity contribution in [2.75, 3.05) is 0 Å². The quantitative estimate of drug-likeness (QED) is 0.294. The van der Waals surface area contributed by atoms with Gasteiger partial charge in [0.15, 0.2) is 0 Å². The maximum atomic E-state index is 12.4. The average Bonchev–Trinajstić information content (AvgIpc) is 2.63. The van der Waals surface area contributed by atoms with Crippen molar-refractivity contribution in [3.8, 4) is 0 Å². The van der Waals surface area contributed by atoms with Gasteiger partial charge in [0.2, 0.25) is 0 Å².